The van der Waals surface area contributed by atoms with E-state index in [1.165, 1.54) is 11.1 Å². The number of rotatable bonds is 8. The highest BCUT2D eigenvalue weighted by Crippen LogP contribution is 2.36. The van der Waals surface area contributed by atoms with Crippen molar-refractivity contribution in [3.05, 3.63) is 35.4 Å². The van der Waals surface area contributed by atoms with E-state index in [0.29, 0.717) is 51.5 Å². The van der Waals surface area contributed by atoms with Crippen LogP contribution in [0, 0.1) is 5.92 Å². The van der Waals surface area contributed by atoms with Crippen molar-refractivity contribution in [3.63, 3.8) is 0 Å². The van der Waals surface area contributed by atoms with E-state index in [1.807, 2.05) is 21.3 Å². The van der Waals surface area contributed by atoms with Crippen LogP contribution in [0.25, 0.3) is 0 Å². The van der Waals surface area contributed by atoms with Crippen molar-refractivity contribution < 1.29 is 23.7 Å². The van der Waals surface area contributed by atoms with Gasteiger partial charge >= 0.3 is 0 Å². The molecule has 1 aromatic rings. The van der Waals surface area contributed by atoms with E-state index in [4.69, 9.17) is 4.74 Å². The number of hydrogen-bond donors (Lipinski definition) is 2. The number of unbranched alkanes of at least 4 members (excludes halogenated alkanes) is 1. The number of hydroxylamine groups is 1. The molecule has 0 bridgehead atoms. The predicted molar refractivity (Wildman–Crippen MR) is 136 cm³/mol. The minimum atomic E-state index is -2.79. The summed E-state index contributed by atoms with van der Waals surface area (Å²) in [5, 5.41) is 11.1. The summed E-state index contributed by atoms with van der Waals surface area (Å²) in [5.41, 5.74) is 4.29. The van der Waals surface area contributed by atoms with Crippen molar-refractivity contribution in [2.75, 3.05) is 26.3 Å². The molecule has 2 saturated heterocycles. The Bertz CT molecular complexity index is 997. The van der Waals surface area contributed by atoms with Crippen LogP contribution < -0.4 is 5.48 Å². The Balaban J connectivity index is 1.24. The average molecular weight is 506 g/mol. The van der Waals surface area contributed by atoms with Crippen LogP contribution in [-0.4, -0.2) is 66.9 Å². The van der Waals surface area contributed by atoms with E-state index in [1.54, 1.807) is 17.8 Å². The molecule has 1 unspecified atom stereocenters. The van der Waals surface area contributed by atoms with Gasteiger partial charge in [0.05, 0.1) is 0 Å². The number of amides is 2. The molecule has 0 aliphatic carbocycles. The van der Waals surface area contributed by atoms with Gasteiger partial charge in [-0.2, -0.15) is 0 Å². The van der Waals surface area contributed by atoms with Crippen molar-refractivity contribution >= 4 is 26.9 Å². The van der Waals surface area contributed by atoms with Crippen LogP contribution in [0.4, 0.5) is 0 Å². The number of nitrogens with zero attached hydrogens (tertiary/aromatic N) is 2. The second-order valence-corrected chi connectivity index (χ2v) is 12.9. The van der Waals surface area contributed by atoms with Gasteiger partial charge in [0.15, 0.2) is 0 Å². The third-order valence-corrected chi connectivity index (χ3v) is 11.6. The highest BCUT2D eigenvalue weighted by atomic mass is 32.2. The van der Waals surface area contributed by atoms with Gasteiger partial charge in [0.2, 0.25) is 5.91 Å². The molecule has 3 aliphatic heterocycles. The standard InChI is InChI=1S/C26H39N3O5S/c1-2-35(33,26(25(31)27-32)13-17-34-18-14-26)29-15-11-21(12-16-29)7-3-6-10-24(30)28-19-22-8-4-5-9-23(22)20-28/h2,4-5,8-9,21,32H,3,6-7,10-20H2,1H3,(H,27,31). The molecule has 3 aliphatic rings. The Morgan fingerprint density at radius 1 is 1.14 bits per heavy atom. The largest absolute Gasteiger partial charge is 0.381 e. The van der Waals surface area contributed by atoms with Crippen molar-refractivity contribution in [1.29, 1.82) is 0 Å². The molecule has 3 heterocycles. The topological polar surface area (TPSA) is 99.2 Å². The lowest BCUT2D eigenvalue weighted by molar-refractivity contribution is -0.134. The summed E-state index contributed by atoms with van der Waals surface area (Å²) in [7, 11) is -2.79. The maximum atomic E-state index is 14.2. The molecule has 0 spiro atoms. The monoisotopic (exact) mass is 505 g/mol. The van der Waals surface area contributed by atoms with Crippen molar-refractivity contribution in [2.24, 2.45) is 5.92 Å². The fourth-order valence-corrected chi connectivity index (χ4v) is 8.98. The zero-order valence-corrected chi connectivity index (χ0v) is 21.6. The lowest BCUT2D eigenvalue weighted by Gasteiger charge is -2.45. The summed E-state index contributed by atoms with van der Waals surface area (Å²) < 4.78 is 20.5. The van der Waals surface area contributed by atoms with Gasteiger partial charge in [-0.1, -0.05) is 37.1 Å². The highest BCUT2D eigenvalue weighted by Gasteiger charge is 2.50. The van der Waals surface area contributed by atoms with E-state index in [9.17, 15) is 19.0 Å². The smallest absolute Gasteiger partial charge is 0.263 e. The number of fused-ring (bicyclic) bond motifs is 1. The molecule has 9 heteroatoms. The number of ether oxygens (including phenoxy) is 1. The first-order chi connectivity index (χ1) is 16.9. The van der Waals surface area contributed by atoms with Crippen LogP contribution in [0.1, 0.15) is 69.4 Å². The van der Waals surface area contributed by atoms with Gasteiger partial charge < -0.3 is 9.64 Å². The third-order valence-electron chi connectivity index (χ3n) is 8.10. The number of nitrogens with one attached hydrogen (secondary N) is 1. The molecule has 1 atom stereocenters. The van der Waals surface area contributed by atoms with E-state index < -0.39 is 20.4 Å². The fourth-order valence-electron chi connectivity index (χ4n) is 5.92. The Morgan fingerprint density at radius 3 is 2.34 bits per heavy atom. The van der Waals surface area contributed by atoms with Crippen LogP contribution in [0.15, 0.2) is 24.3 Å². The van der Waals surface area contributed by atoms with Gasteiger partial charge in [0.1, 0.15) is 4.75 Å². The number of hydrogen-bond acceptors (Lipinski definition) is 5. The molecular weight excluding hydrogens is 466 g/mol. The summed E-state index contributed by atoms with van der Waals surface area (Å²) in [6.07, 6.45) is 6.07. The van der Waals surface area contributed by atoms with E-state index in [-0.39, 0.29) is 5.91 Å². The Hall–Kier alpha value is -1.94. The molecule has 35 heavy (non-hydrogen) atoms. The second-order valence-electron chi connectivity index (χ2n) is 9.99. The zero-order valence-electron chi connectivity index (χ0n) is 20.7. The number of benzene rings is 1. The van der Waals surface area contributed by atoms with Crippen molar-refractivity contribution in [1.82, 2.24) is 14.7 Å². The summed E-state index contributed by atoms with van der Waals surface area (Å²) in [6.45, 7) is 5.26. The quantitative estimate of drug-likeness (QED) is 0.245. The molecule has 0 radical (unpaired) electrons. The Kier molecular flexibility index (Phi) is 8.52. The van der Waals surface area contributed by atoms with Crippen LogP contribution in [0.3, 0.4) is 0 Å². The Labute approximate surface area is 209 Å². The molecule has 0 aromatic heterocycles. The van der Waals surface area contributed by atoms with Gasteiger partial charge in [0.25, 0.3) is 5.91 Å². The SMILES string of the molecule is CC=S(=O)(N1CCC(CCCCC(=O)N2Cc3ccccc3C2)CC1)C1(C(=O)NO)CCOCC1. The molecule has 2 amide bonds. The molecule has 2 N–H and O–H groups in total. The first-order valence-corrected chi connectivity index (χ1v) is 14.5. The second kappa shape index (κ2) is 11.4. The first-order valence-electron chi connectivity index (χ1n) is 12.9. The molecule has 4 rings (SSSR count). The van der Waals surface area contributed by atoms with Crippen LogP contribution in [0.5, 0.6) is 0 Å². The van der Waals surface area contributed by atoms with Gasteiger partial charge in [-0.25, -0.2) is 9.79 Å². The summed E-state index contributed by atoms with van der Waals surface area (Å²) >= 11 is 0. The molecule has 8 nitrogen and oxygen atoms in total. The number of carbonyl (C=O) groups is 2. The molecular formula is C26H39N3O5S. The summed E-state index contributed by atoms with van der Waals surface area (Å²) in [5.74, 6) is 0.199. The average Bonchev–Trinajstić information content (AvgIpc) is 3.35. The first kappa shape index (κ1) is 26.1. The minimum absolute atomic E-state index is 0.234. The van der Waals surface area contributed by atoms with Gasteiger partial charge in [-0.3, -0.25) is 19.0 Å². The normalized spacial score (nSPS) is 22.3. The summed E-state index contributed by atoms with van der Waals surface area (Å²) in [4.78, 5) is 27.3. The van der Waals surface area contributed by atoms with E-state index in [2.05, 4.69) is 12.1 Å². The zero-order chi connectivity index (χ0) is 24.9. The van der Waals surface area contributed by atoms with Crippen LogP contribution in [-0.2, 0) is 37.1 Å². The van der Waals surface area contributed by atoms with E-state index in [0.717, 1.165) is 45.2 Å². The Morgan fingerprint density at radius 2 is 1.77 bits per heavy atom. The lowest BCUT2D eigenvalue weighted by atomic mass is 9.92. The number of carbonyl (C=O) groups excluding carboxylic acids is 2. The number of piperidine rings is 1. The van der Waals surface area contributed by atoms with Gasteiger partial charge in [0, 0.05) is 55.5 Å². The third kappa shape index (κ3) is 5.28. The van der Waals surface area contributed by atoms with Crippen molar-refractivity contribution in [2.45, 2.75) is 76.1 Å². The molecule has 1 aromatic carbocycles. The van der Waals surface area contributed by atoms with Gasteiger partial charge in [-0.05, 0) is 61.4 Å². The van der Waals surface area contributed by atoms with Crippen LogP contribution in [0.2, 0.25) is 0 Å². The minimum Gasteiger partial charge on any atom is -0.381 e. The predicted octanol–water partition coefficient (Wildman–Crippen LogP) is 2.88. The maximum absolute atomic E-state index is 14.2. The summed E-state index contributed by atoms with van der Waals surface area (Å²) in [6, 6.07) is 8.26. The molecule has 194 valence electrons. The lowest BCUT2D eigenvalue weighted by Crippen LogP contribution is -2.60. The van der Waals surface area contributed by atoms with E-state index >= 15 is 0 Å². The molecule has 0 saturated carbocycles. The molecule has 2 fully saturated rings. The highest BCUT2D eigenvalue weighted by molar-refractivity contribution is 8.01. The fraction of sp³-hybridized carbons (Fsp3) is 0.654. The van der Waals surface area contributed by atoms with Gasteiger partial charge in [-0.15, -0.1) is 0 Å². The van der Waals surface area contributed by atoms with Crippen LogP contribution >= 0.6 is 0 Å². The maximum Gasteiger partial charge on any atom is 0.263 e. The van der Waals surface area contributed by atoms with Crippen molar-refractivity contribution in [3.8, 4) is 0 Å².